The zero-order chi connectivity index (χ0) is 23.8. The fraction of sp³-hybridized carbons (Fsp3) is 0.375. The number of ether oxygens (including phenoxy) is 4. The Labute approximate surface area is 192 Å². The van der Waals surface area contributed by atoms with E-state index in [0.717, 1.165) is 5.56 Å². The summed E-state index contributed by atoms with van der Waals surface area (Å²) >= 11 is 0. The van der Waals surface area contributed by atoms with E-state index in [2.05, 4.69) is 30.9 Å². The Kier molecular flexibility index (Phi) is 5.88. The molecule has 0 saturated heterocycles. The highest BCUT2D eigenvalue weighted by Crippen LogP contribution is 2.41. The topological polar surface area (TPSA) is 96.2 Å². The van der Waals surface area contributed by atoms with Crippen LogP contribution in [0.1, 0.15) is 32.2 Å². The van der Waals surface area contributed by atoms with Crippen LogP contribution < -0.4 is 23.8 Å². The Balaban J connectivity index is 1.66. The van der Waals surface area contributed by atoms with Crippen molar-refractivity contribution in [2.45, 2.75) is 32.7 Å². The number of benzene rings is 2. The molecule has 0 unspecified atom stereocenters. The van der Waals surface area contributed by atoms with Gasteiger partial charge in [0, 0.05) is 5.56 Å². The summed E-state index contributed by atoms with van der Waals surface area (Å²) in [5, 5.41) is 4.09. The van der Waals surface area contributed by atoms with Gasteiger partial charge in [0.15, 0.2) is 18.1 Å². The molecule has 33 heavy (non-hydrogen) atoms. The van der Waals surface area contributed by atoms with E-state index in [4.69, 9.17) is 23.5 Å². The highest BCUT2D eigenvalue weighted by atomic mass is 16.5. The summed E-state index contributed by atoms with van der Waals surface area (Å²) in [6, 6.07) is 9.36. The zero-order valence-corrected chi connectivity index (χ0v) is 19.6. The van der Waals surface area contributed by atoms with Gasteiger partial charge in [0.05, 0.1) is 27.0 Å². The van der Waals surface area contributed by atoms with Crippen LogP contribution in [-0.4, -0.2) is 44.0 Å². The lowest BCUT2D eigenvalue weighted by molar-refractivity contribution is -0.121. The summed E-state index contributed by atoms with van der Waals surface area (Å²) in [6.45, 7) is 6.43. The maximum Gasteiger partial charge on any atom is 0.265 e. The minimum atomic E-state index is -0.180. The Morgan fingerprint density at radius 1 is 1.03 bits per heavy atom. The molecule has 9 heteroatoms. The van der Waals surface area contributed by atoms with Crippen LogP contribution in [0.3, 0.4) is 0 Å². The molecule has 0 aliphatic carbocycles. The van der Waals surface area contributed by atoms with E-state index in [-0.39, 0.29) is 24.5 Å². The third-order valence-electron chi connectivity index (χ3n) is 5.45. The number of hydrogen-bond donors (Lipinski definition) is 0. The lowest BCUT2D eigenvalue weighted by Crippen LogP contribution is -2.38. The molecule has 0 bridgehead atoms. The van der Waals surface area contributed by atoms with Crippen LogP contribution >= 0.6 is 0 Å². The number of fused-ring (bicyclic) bond motifs is 1. The molecule has 2 aromatic carbocycles. The van der Waals surface area contributed by atoms with Gasteiger partial charge < -0.3 is 23.5 Å². The zero-order valence-electron chi connectivity index (χ0n) is 19.6. The fourth-order valence-electron chi connectivity index (χ4n) is 3.62. The largest absolute Gasteiger partial charge is 0.493 e. The van der Waals surface area contributed by atoms with E-state index in [1.807, 2.05) is 18.2 Å². The van der Waals surface area contributed by atoms with Crippen LogP contribution in [0.15, 0.2) is 34.9 Å². The number of aromatic nitrogens is 2. The van der Waals surface area contributed by atoms with Gasteiger partial charge in [-0.15, -0.1) is 0 Å². The van der Waals surface area contributed by atoms with Crippen molar-refractivity contribution >= 4 is 11.6 Å². The molecule has 9 nitrogen and oxygen atoms in total. The van der Waals surface area contributed by atoms with E-state index in [1.54, 1.807) is 17.0 Å². The maximum atomic E-state index is 12.7. The summed E-state index contributed by atoms with van der Waals surface area (Å²) in [7, 11) is 4.61. The molecule has 1 aliphatic rings. The predicted octanol–water partition coefficient (Wildman–Crippen LogP) is 3.99. The molecule has 0 saturated carbocycles. The minimum Gasteiger partial charge on any atom is -0.493 e. The summed E-state index contributed by atoms with van der Waals surface area (Å²) < 4.78 is 27.3. The quantitative estimate of drug-likeness (QED) is 0.553. The first kappa shape index (κ1) is 22.4. The van der Waals surface area contributed by atoms with Crippen molar-refractivity contribution in [3.8, 4) is 34.4 Å². The molecule has 1 aromatic heterocycles. The third kappa shape index (κ3) is 4.30. The highest BCUT2D eigenvalue weighted by molar-refractivity contribution is 5.97. The van der Waals surface area contributed by atoms with Crippen molar-refractivity contribution < 1.29 is 28.3 Å². The van der Waals surface area contributed by atoms with E-state index in [0.29, 0.717) is 46.0 Å². The Morgan fingerprint density at radius 3 is 2.33 bits per heavy atom. The second-order valence-corrected chi connectivity index (χ2v) is 8.63. The first-order valence-corrected chi connectivity index (χ1v) is 10.5. The van der Waals surface area contributed by atoms with Crippen LogP contribution in [0.25, 0.3) is 11.4 Å². The summed E-state index contributed by atoms with van der Waals surface area (Å²) in [5.41, 5.74) is 2.33. The number of hydrogen-bond acceptors (Lipinski definition) is 8. The van der Waals surface area contributed by atoms with Crippen LogP contribution in [0.4, 0.5) is 5.69 Å². The third-order valence-corrected chi connectivity index (χ3v) is 5.45. The lowest BCUT2D eigenvalue weighted by atomic mass is 9.86. The van der Waals surface area contributed by atoms with Gasteiger partial charge in [-0.1, -0.05) is 32.0 Å². The molecule has 0 N–H and O–H groups in total. The van der Waals surface area contributed by atoms with Gasteiger partial charge in [-0.25, -0.2) is 0 Å². The second kappa shape index (κ2) is 8.65. The molecule has 0 spiro atoms. The van der Waals surface area contributed by atoms with Crippen LogP contribution in [0, 0.1) is 0 Å². The molecular formula is C24H27N3O6. The summed E-state index contributed by atoms with van der Waals surface area (Å²) in [4.78, 5) is 18.8. The van der Waals surface area contributed by atoms with Gasteiger partial charge in [0.1, 0.15) is 12.3 Å². The van der Waals surface area contributed by atoms with Gasteiger partial charge in [0.25, 0.3) is 5.91 Å². The molecule has 4 rings (SSSR count). The number of rotatable bonds is 6. The number of amides is 1. The summed E-state index contributed by atoms with van der Waals surface area (Å²) in [6.07, 6.45) is 0. The smallest absolute Gasteiger partial charge is 0.265 e. The van der Waals surface area contributed by atoms with Crippen LogP contribution in [0.2, 0.25) is 0 Å². The van der Waals surface area contributed by atoms with Gasteiger partial charge in [-0.2, -0.15) is 4.98 Å². The second-order valence-electron chi connectivity index (χ2n) is 8.63. The average Bonchev–Trinajstić information content (AvgIpc) is 3.27. The van der Waals surface area contributed by atoms with Crippen LogP contribution in [-0.2, 0) is 16.8 Å². The molecular weight excluding hydrogens is 426 g/mol. The first-order chi connectivity index (χ1) is 15.7. The Bertz CT molecular complexity index is 1160. The van der Waals surface area contributed by atoms with Crippen molar-refractivity contribution in [2.24, 2.45) is 0 Å². The van der Waals surface area contributed by atoms with Gasteiger partial charge in [0.2, 0.25) is 17.5 Å². The molecule has 0 radical (unpaired) electrons. The number of nitrogens with zero attached hydrogens (tertiary/aromatic N) is 3. The molecule has 1 amide bonds. The van der Waals surface area contributed by atoms with Gasteiger partial charge in [-0.3, -0.25) is 9.69 Å². The van der Waals surface area contributed by atoms with E-state index in [1.165, 1.54) is 21.3 Å². The van der Waals surface area contributed by atoms with Crippen molar-refractivity contribution in [2.75, 3.05) is 32.8 Å². The SMILES string of the molecule is COc1cc(-c2noc(CN3C(=O)COc4ccc(C(C)(C)C)cc43)n2)cc(OC)c1OC. The van der Waals surface area contributed by atoms with Crippen molar-refractivity contribution in [3.63, 3.8) is 0 Å². The van der Waals surface area contributed by atoms with Gasteiger partial charge >= 0.3 is 0 Å². The van der Waals surface area contributed by atoms with Crippen molar-refractivity contribution in [1.29, 1.82) is 0 Å². The van der Waals surface area contributed by atoms with Crippen molar-refractivity contribution in [3.05, 3.63) is 41.8 Å². The standard InChI is InChI=1S/C24H27N3O6/c1-24(2,3)15-7-8-17-16(11-15)27(21(28)13-32-17)12-20-25-23(26-33-20)14-9-18(29-4)22(31-6)19(10-14)30-5/h7-11H,12-13H2,1-6H3. The number of methoxy groups -OCH3 is 3. The molecule has 174 valence electrons. The molecule has 1 aliphatic heterocycles. The lowest BCUT2D eigenvalue weighted by Gasteiger charge is -2.30. The summed E-state index contributed by atoms with van der Waals surface area (Å²) in [5.74, 6) is 2.52. The highest BCUT2D eigenvalue weighted by Gasteiger charge is 2.29. The fourth-order valence-corrected chi connectivity index (χ4v) is 3.62. The predicted molar refractivity (Wildman–Crippen MR) is 121 cm³/mol. The van der Waals surface area contributed by atoms with Crippen molar-refractivity contribution in [1.82, 2.24) is 10.1 Å². The van der Waals surface area contributed by atoms with E-state index < -0.39 is 0 Å². The van der Waals surface area contributed by atoms with Gasteiger partial charge in [-0.05, 0) is 35.2 Å². The normalized spacial score (nSPS) is 13.4. The molecule has 0 fully saturated rings. The minimum absolute atomic E-state index is 0.0459. The van der Waals surface area contributed by atoms with E-state index >= 15 is 0 Å². The number of carbonyl (C=O) groups is 1. The number of anilines is 1. The Morgan fingerprint density at radius 2 is 1.73 bits per heavy atom. The molecule has 2 heterocycles. The van der Waals surface area contributed by atoms with E-state index in [9.17, 15) is 4.79 Å². The molecule has 0 atom stereocenters. The monoisotopic (exact) mass is 453 g/mol. The average molecular weight is 453 g/mol. The number of carbonyl (C=O) groups excluding carboxylic acids is 1. The van der Waals surface area contributed by atoms with Crippen LogP contribution in [0.5, 0.6) is 23.0 Å². The molecule has 3 aromatic rings. The Hall–Kier alpha value is -3.75. The maximum absolute atomic E-state index is 12.7. The first-order valence-electron chi connectivity index (χ1n) is 10.5.